The summed E-state index contributed by atoms with van der Waals surface area (Å²) in [5.74, 6) is -0.316. The molecule has 0 unspecified atom stereocenters. The molecule has 1 aromatic heterocycles. The summed E-state index contributed by atoms with van der Waals surface area (Å²) in [5.41, 5.74) is 3.28. The first kappa shape index (κ1) is 25.4. The molecule has 0 bridgehead atoms. The molecule has 0 aliphatic carbocycles. The first-order chi connectivity index (χ1) is 16.7. The van der Waals surface area contributed by atoms with Crippen molar-refractivity contribution in [2.45, 2.75) is 71.1 Å². The van der Waals surface area contributed by atoms with Crippen molar-refractivity contribution in [2.24, 2.45) is 0 Å². The Morgan fingerprint density at radius 1 is 0.765 bits per heavy atom. The van der Waals surface area contributed by atoms with Gasteiger partial charge in [0.1, 0.15) is 17.2 Å². The number of hydrogen-bond acceptors (Lipinski definition) is 4. The Labute approximate surface area is 201 Å². The summed E-state index contributed by atoms with van der Waals surface area (Å²) in [5, 5.41) is 13.7. The average molecular weight is 467 g/mol. The van der Waals surface area contributed by atoms with Gasteiger partial charge in [-0.25, -0.2) is 13.8 Å². The van der Waals surface area contributed by atoms with Gasteiger partial charge in [0.25, 0.3) is 0 Å². The highest BCUT2D eigenvalue weighted by Gasteiger charge is 2.14. The largest absolute Gasteiger partial charge is 0.338 e. The smallest absolute Gasteiger partial charge is 0.319 e. The number of carbonyl (C=O) groups is 1. The van der Waals surface area contributed by atoms with Crippen molar-refractivity contribution in [3.63, 3.8) is 0 Å². The Hall–Kier alpha value is -3.22. The van der Waals surface area contributed by atoms with Crippen LogP contribution >= 0.6 is 0 Å². The van der Waals surface area contributed by atoms with Gasteiger partial charge in [0.05, 0.1) is 0 Å². The summed E-state index contributed by atoms with van der Waals surface area (Å²) < 4.78 is 18.1. The molecule has 1 heterocycles. The molecule has 2 aromatic carbocycles. The zero-order chi connectivity index (χ0) is 24.0. The zero-order valence-electron chi connectivity index (χ0n) is 20.0. The monoisotopic (exact) mass is 466 g/mol. The lowest BCUT2D eigenvalue weighted by molar-refractivity contribution is 0.252. The van der Waals surface area contributed by atoms with Crippen LogP contribution in [-0.2, 0) is 0 Å². The van der Waals surface area contributed by atoms with Crippen molar-refractivity contribution in [1.82, 2.24) is 15.6 Å². The van der Waals surface area contributed by atoms with Crippen molar-refractivity contribution in [3.8, 4) is 22.5 Å². The minimum Gasteiger partial charge on any atom is -0.338 e. The molecule has 2 amide bonds. The van der Waals surface area contributed by atoms with Gasteiger partial charge in [0.2, 0.25) is 0 Å². The number of aromatic nitrogens is 2. The van der Waals surface area contributed by atoms with Crippen LogP contribution in [0.4, 0.5) is 14.9 Å². The second kappa shape index (κ2) is 14.1. The molecular formula is C27H35FN4O2. The lowest BCUT2D eigenvalue weighted by atomic mass is 10.0. The minimum absolute atomic E-state index is 0.209. The van der Waals surface area contributed by atoms with Crippen molar-refractivity contribution < 1.29 is 13.8 Å². The summed E-state index contributed by atoms with van der Waals surface area (Å²) in [4.78, 5) is 12.2. The molecule has 0 spiro atoms. The summed E-state index contributed by atoms with van der Waals surface area (Å²) >= 11 is 0. The fourth-order valence-electron chi connectivity index (χ4n) is 3.88. The maximum absolute atomic E-state index is 13.2. The number of rotatable bonds is 14. The highest BCUT2D eigenvalue weighted by atomic mass is 19.1. The maximum Gasteiger partial charge on any atom is 0.319 e. The molecule has 0 fully saturated rings. The third-order valence-electron chi connectivity index (χ3n) is 5.84. The van der Waals surface area contributed by atoms with E-state index in [9.17, 15) is 9.18 Å². The zero-order valence-corrected chi connectivity index (χ0v) is 20.0. The first-order valence-corrected chi connectivity index (χ1v) is 12.4. The van der Waals surface area contributed by atoms with Crippen molar-refractivity contribution in [3.05, 3.63) is 54.3 Å². The van der Waals surface area contributed by atoms with Crippen LogP contribution in [0.25, 0.3) is 22.5 Å². The van der Waals surface area contributed by atoms with Gasteiger partial charge in [-0.05, 0) is 53.1 Å². The standard InChI is InChI=1S/C27H35FN4O2/c1-2-3-4-5-6-7-8-9-10-11-20-29-27(33)30-24-18-14-22(15-19-24)26-25(31-34-32-26)21-12-16-23(28)17-13-21/h12-19H,2-11,20H2,1H3,(H2,29,30,33). The first-order valence-electron chi connectivity index (χ1n) is 12.4. The minimum atomic E-state index is -0.316. The van der Waals surface area contributed by atoms with Gasteiger partial charge in [0, 0.05) is 23.4 Å². The highest BCUT2D eigenvalue weighted by Crippen LogP contribution is 2.29. The molecule has 3 aromatic rings. The summed E-state index contributed by atoms with van der Waals surface area (Å²) in [7, 11) is 0. The van der Waals surface area contributed by atoms with E-state index in [0.717, 1.165) is 18.4 Å². The predicted molar refractivity (Wildman–Crippen MR) is 134 cm³/mol. The van der Waals surface area contributed by atoms with Gasteiger partial charge in [-0.2, -0.15) is 0 Å². The molecule has 2 N–H and O–H groups in total. The SMILES string of the molecule is CCCCCCCCCCCCNC(=O)Nc1ccc(-c2nonc2-c2ccc(F)cc2)cc1. The van der Waals surface area contributed by atoms with Gasteiger partial charge in [-0.3, -0.25) is 0 Å². The molecule has 0 atom stereocenters. The van der Waals surface area contributed by atoms with Crippen LogP contribution in [0.1, 0.15) is 71.1 Å². The molecular weight excluding hydrogens is 431 g/mol. The van der Waals surface area contributed by atoms with E-state index in [2.05, 4.69) is 27.9 Å². The van der Waals surface area contributed by atoms with E-state index in [1.54, 1.807) is 24.3 Å². The number of carbonyl (C=O) groups excluding carboxylic acids is 1. The van der Waals surface area contributed by atoms with Crippen LogP contribution in [0.15, 0.2) is 53.2 Å². The number of anilines is 1. The van der Waals surface area contributed by atoms with Crippen molar-refractivity contribution in [2.75, 3.05) is 11.9 Å². The molecule has 6 nitrogen and oxygen atoms in total. The number of halogens is 1. The molecule has 0 aliphatic heterocycles. The van der Waals surface area contributed by atoms with Crippen LogP contribution in [0.5, 0.6) is 0 Å². The Kier molecular flexibility index (Phi) is 10.6. The number of nitrogens with zero attached hydrogens (tertiary/aromatic N) is 2. The molecule has 182 valence electrons. The normalized spacial score (nSPS) is 10.9. The van der Waals surface area contributed by atoms with E-state index in [0.29, 0.717) is 29.2 Å². The summed E-state index contributed by atoms with van der Waals surface area (Å²) in [6, 6.07) is 13.1. The second-order valence-electron chi connectivity index (χ2n) is 8.61. The number of hydrogen-bond donors (Lipinski definition) is 2. The van der Waals surface area contributed by atoms with E-state index in [1.807, 2.05) is 12.1 Å². The number of nitrogens with one attached hydrogen (secondary N) is 2. The maximum atomic E-state index is 13.2. The van der Waals surface area contributed by atoms with E-state index in [-0.39, 0.29) is 11.8 Å². The Morgan fingerprint density at radius 3 is 1.82 bits per heavy atom. The summed E-state index contributed by atoms with van der Waals surface area (Å²) in [6.45, 7) is 2.92. The van der Waals surface area contributed by atoms with Gasteiger partial charge in [0.15, 0.2) is 0 Å². The number of amides is 2. The van der Waals surface area contributed by atoms with E-state index in [1.165, 1.54) is 63.5 Å². The van der Waals surface area contributed by atoms with Crippen LogP contribution in [0.3, 0.4) is 0 Å². The lowest BCUT2D eigenvalue weighted by Gasteiger charge is -2.08. The molecule has 3 rings (SSSR count). The number of benzene rings is 2. The Morgan fingerprint density at radius 2 is 1.26 bits per heavy atom. The lowest BCUT2D eigenvalue weighted by Crippen LogP contribution is -2.29. The number of urea groups is 1. The van der Waals surface area contributed by atoms with Crippen molar-refractivity contribution >= 4 is 11.7 Å². The topological polar surface area (TPSA) is 80.0 Å². The van der Waals surface area contributed by atoms with Gasteiger partial charge < -0.3 is 10.6 Å². The third-order valence-corrected chi connectivity index (χ3v) is 5.84. The van der Waals surface area contributed by atoms with Gasteiger partial charge in [-0.1, -0.05) is 76.8 Å². The van der Waals surface area contributed by atoms with E-state index >= 15 is 0 Å². The van der Waals surface area contributed by atoms with Crippen LogP contribution in [0, 0.1) is 5.82 Å². The molecule has 7 heteroatoms. The molecule has 0 radical (unpaired) electrons. The van der Waals surface area contributed by atoms with Crippen LogP contribution in [0.2, 0.25) is 0 Å². The Bertz CT molecular complexity index is 987. The average Bonchev–Trinajstić information content (AvgIpc) is 3.33. The summed E-state index contributed by atoms with van der Waals surface area (Å²) in [6.07, 6.45) is 12.7. The fraction of sp³-hybridized carbons (Fsp3) is 0.444. The molecule has 0 saturated carbocycles. The molecule has 34 heavy (non-hydrogen) atoms. The second-order valence-corrected chi connectivity index (χ2v) is 8.61. The highest BCUT2D eigenvalue weighted by molar-refractivity contribution is 5.89. The van der Waals surface area contributed by atoms with Gasteiger partial charge >= 0.3 is 6.03 Å². The quantitative estimate of drug-likeness (QED) is 0.240. The van der Waals surface area contributed by atoms with Crippen LogP contribution < -0.4 is 10.6 Å². The van der Waals surface area contributed by atoms with E-state index < -0.39 is 0 Å². The van der Waals surface area contributed by atoms with Gasteiger partial charge in [-0.15, -0.1) is 0 Å². The fourth-order valence-corrected chi connectivity index (χ4v) is 3.88. The third kappa shape index (κ3) is 8.28. The predicted octanol–water partition coefficient (Wildman–Crippen LogP) is 7.59. The van der Waals surface area contributed by atoms with Crippen LogP contribution in [-0.4, -0.2) is 22.9 Å². The molecule has 0 saturated heterocycles. The Balaban J connectivity index is 1.36. The number of unbranched alkanes of at least 4 members (excludes halogenated alkanes) is 9. The van der Waals surface area contributed by atoms with Crippen molar-refractivity contribution in [1.29, 1.82) is 0 Å². The van der Waals surface area contributed by atoms with E-state index in [4.69, 9.17) is 4.63 Å². The molecule has 0 aliphatic rings.